The van der Waals surface area contributed by atoms with Gasteiger partial charge in [-0.15, -0.1) is 0 Å². The summed E-state index contributed by atoms with van der Waals surface area (Å²) in [5.41, 5.74) is 5.56. The van der Waals surface area contributed by atoms with Gasteiger partial charge in [0.05, 0.1) is 0 Å². The summed E-state index contributed by atoms with van der Waals surface area (Å²) in [6.07, 6.45) is 2.74. The van der Waals surface area contributed by atoms with Gasteiger partial charge >= 0.3 is 0 Å². The minimum Gasteiger partial charge on any atom is -0.357 e. The van der Waals surface area contributed by atoms with Crippen molar-refractivity contribution in [1.82, 2.24) is 9.97 Å². The van der Waals surface area contributed by atoms with Gasteiger partial charge in [0.1, 0.15) is 5.82 Å². The summed E-state index contributed by atoms with van der Waals surface area (Å²) in [7, 11) is 5.90. The summed E-state index contributed by atoms with van der Waals surface area (Å²) >= 11 is 0. The fourth-order valence-corrected chi connectivity index (χ4v) is 1.41. The second-order valence-corrected chi connectivity index (χ2v) is 4.15. The molecule has 1 aromatic heterocycles. The summed E-state index contributed by atoms with van der Waals surface area (Å²) in [6.45, 7) is 2.83. The van der Waals surface area contributed by atoms with Gasteiger partial charge in [-0.2, -0.15) is 4.98 Å². The van der Waals surface area contributed by atoms with E-state index in [1.54, 1.807) is 6.20 Å². The van der Waals surface area contributed by atoms with Gasteiger partial charge in [-0.25, -0.2) is 4.98 Å². The zero-order valence-electron chi connectivity index (χ0n) is 10.5. The van der Waals surface area contributed by atoms with E-state index in [-0.39, 0.29) is 0 Å². The third-order valence-electron chi connectivity index (χ3n) is 2.64. The number of rotatable bonds is 5. The fraction of sp³-hybridized carbons (Fsp3) is 0.636. The molecule has 2 N–H and O–H groups in total. The molecular weight excluding hydrogens is 202 g/mol. The second kappa shape index (κ2) is 5.65. The Hall–Kier alpha value is -1.36. The molecule has 0 saturated heterocycles. The maximum atomic E-state index is 5.56. The molecule has 0 aliphatic heterocycles. The van der Waals surface area contributed by atoms with E-state index in [1.807, 2.05) is 32.1 Å². The number of hydrogen-bond acceptors (Lipinski definition) is 5. The number of hydrogen-bond donors (Lipinski definition) is 1. The first-order chi connectivity index (χ1) is 7.56. The lowest BCUT2D eigenvalue weighted by atomic mass is 10.2. The molecule has 0 radical (unpaired) electrons. The Kier molecular flexibility index (Phi) is 4.49. The Morgan fingerprint density at radius 1 is 1.38 bits per heavy atom. The first-order valence-electron chi connectivity index (χ1n) is 5.49. The Balaban J connectivity index is 2.82. The molecule has 0 aromatic carbocycles. The molecule has 1 unspecified atom stereocenters. The predicted molar refractivity (Wildman–Crippen MR) is 67.9 cm³/mol. The molecule has 0 bridgehead atoms. The van der Waals surface area contributed by atoms with E-state index in [1.165, 1.54) is 0 Å². The molecular formula is C11H21N5. The molecule has 1 aromatic rings. The summed E-state index contributed by atoms with van der Waals surface area (Å²) in [4.78, 5) is 12.7. The molecule has 0 aliphatic rings. The zero-order chi connectivity index (χ0) is 12.1. The lowest BCUT2D eigenvalue weighted by Gasteiger charge is -2.26. The molecule has 0 amide bonds. The SMILES string of the molecule is CC(CCN)N(C)c1ccnc(N(C)C)n1. The van der Waals surface area contributed by atoms with Crippen molar-refractivity contribution in [3.8, 4) is 0 Å². The highest BCUT2D eigenvalue weighted by Crippen LogP contribution is 2.15. The summed E-state index contributed by atoms with van der Waals surface area (Å²) in [6, 6.07) is 2.30. The van der Waals surface area contributed by atoms with Crippen molar-refractivity contribution in [3.05, 3.63) is 12.3 Å². The average Bonchev–Trinajstić information content (AvgIpc) is 2.28. The summed E-state index contributed by atoms with van der Waals surface area (Å²) in [5.74, 6) is 1.66. The van der Waals surface area contributed by atoms with Gasteiger partial charge in [-0.05, 0) is 26.0 Å². The minimum absolute atomic E-state index is 0.384. The monoisotopic (exact) mass is 223 g/mol. The first-order valence-corrected chi connectivity index (χ1v) is 5.49. The third-order valence-corrected chi connectivity index (χ3v) is 2.64. The maximum Gasteiger partial charge on any atom is 0.226 e. The Morgan fingerprint density at radius 2 is 2.06 bits per heavy atom. The van der Waals surface area contributed by atoms with Crippen LogP contribution in [0.1, 0.15) is 13.3 Å². The van der Waals surface area contributed by atoms with Gasteiger partial charge in [0.2, 0.25) is 5.95 Å². The molecule has 0 aliphatic carbocycles. The zero-order valence-corrected chi connectivity index (χ0v) is 10.5. The van der Waals surface area contributed by atoms with E-state index >= 15 is 0 Å². The standard InChI is InChI=1S/C11H21N5/c1-9(5-7-12)16(4)10-6-8-13-11(14-10)15(2)3/h6,8-9H,5,7,12H2,1-4H3. The summed E-state index contributed by atoms with van der Waals surface area (Å²) in [5, 5.41) is 0. The van der Waals surface area contributed by atoms with Crippen LogP contribution >= 0.6 is 0 Å². The fourth-order valence-electron chi connectivity index (χ4n) is 1.41. The van der Waals surface area contributed by atoms with Gasteiger partial charge in [0.15, 0.2) is 0 Å². The van der Waals surface area contributed by atoms with Gasteiger partial charge in [0, 0.05) is 33.4 Å². The number of aromatic nitrogens is 2. The van der Waals surface area contributed by atoms with E-state index in [9.17, 15) is 0 Å². The first kappa shape index (κ1) is 12.7. The van der Waals surface area contributed by atoms with Crippen LogP contribution in [0.25, 0.3) is 0 Å². The van der Waals surface area contributed by atoms with Crippen LogP contribution in [0.4, 0.5) is 11.8 Å². The van der Waals surface area contributed by atoms with Crippen molar-refractivity contribution in [2.75, 3.05) is 37.5 Å². The highest BCUT2D eigenvalue weighted by Gasteiger charge is 2.11. The minimum atomic E-state index is 0.384. The third kappa shape index (κ3) is 3.06. The van der Waals surface area contributed by atoms with Crippen molar-refractivity contribution >= 4 is 11.8 Å². The van der Waals surface area contributed by atoms with E-state index in [4.69, 9.17) is 5.73 Å². The van der Waals surface area contributed by atoms with Crippen LogP contribution in [0.15, 0.2) is 12.3 Å². The molecule has 5 heteroatoms. The smallest absolute Gasteiger partial charge is 0.226 e. The molecule has 1 atom stereocenters. The number of anilines is 2. The van der Waals surface area contributed by atoms with Crippen LogP contribution in [0.3, 0.4) is 0 Å². The van der Waals surface area contributed by atoms with Crippen molar-refractivity contribution in [3.63, 3.8) is 0 Å². The van der Waals surface area contributed by atoms with Crippen molar-refractivity contribution in [2.45, 2.75) is 19.4 Å². The molecule has 0 spiro atoms. The number of nitrogens with two attached hydrogens (primary N) is 1. The molecule has 0 saturated carbocycles. The molecule has 0 fully saturated rings. The maximum absolute atomic E-state index is 5.56. The highest BCUT2D eigenvalue weighted by atomic mass is 15.3. The highest BCUT2D eigenvalue weighted by molar-refractivity contribution is 5.43. The van der Waals surface area contributed by atoms with Crippen LogP contribution in [0, 0.1) is 0 Å². The Morgan fingerprint density at radius 3 is 2.62 bits per heavy atom. The molecule has 5 nitrogen and oxygen atoms in total. The Labute approximate surface area is 97.3 Å². The normalized spacial score (nSPS) is 12.3. The van der Waals surface area contributed by atoms with Gasteiger partial charge in [-0.3, -0.25) is 0 Å². The molecule has 1 heterocycles. The van der Waals surface area contributed by atoms with Crippen molar-refractivity contribution in [1.29, 1.82) is 0 Å². The van der Waals surface area contributed by atoms with E-state index in [0.29, 0.717) is 12.6 Å². The topological polar surface area (TPSA) is 58.3 Å². The van der Waals surface area contributed by atoms with E-state index in [0.717, 1.165) is 18.2 Å². The lowest BCUT2D eigenvalue weighted by Crippen LogP contribution is -2.31. The Bertz CT molecular complexity index is 326. The molecule has 16 heavy (non-hydrogen) atoms. The van der Waals surface area contributed by atoms with E-state index < -0.39 is 0 Å². The van der Waals surface area contributed by atoms with Crippen LogP contribution in [0.5, 0.6) is 0 Å². The van der Waals surface area contributed by atoms with Gasteiger partial charge in [0.25, 0.3) is 0 Å². The largest absolute Gasteiger partial charge is 0.357 e. The van der Waals surface area contributed by atoms with E-state index in [2.05, 4.69) is 21.8 Å². The number of nitrogens with zero attached hydrogens (tertiary/aromatic N) is 4. The average molecular weight is 223 g/mol. The summed E-state index contributed by atoms with van der Waals surface area (Å²) < 4.78 is 0. The second-order valence-electron chi connectivity index (χ2n) is 4.15. The van der Waals surface area contributed by atoms with Gasteiger partial charge < -0.3 is 15.5 Å². The predicted octanol–water partition coefficient (Wildman–Crippen LogP) is 0.716. The lowest BCUT2D eigenvalue weighted by molar-refractivity contribution is 0.629. The van der Waals surface area contributed by atoms with Crippen LogP contribution in [-0.4, -0.2) is 43.7 Å². The molecule has 1 rings (SSSR count). The van der Waals surface area contributed by atoms with Crippen LogP contribution in [-0.2, 0) is 0 Å². The van der Waals surface area contributed by atoms with Crippen molar-refractivity contribution in [2.24, 2.45) is 5.73 Å². The van der Waals surface area contributed by atoms with Crippen LogP contribution in [0.2, 0.25) is 0 Å². The van der Waals surface area contributed by atoms with Crippen LogP contribution < -0.4 is 15.5 Å². The van der Waals surface area contributed by atoms with Gasteiger partial charge in [-0.1, -0.05) is 0 Å². The molecule has 90 valence electrons. The van der Waals surface area contributed by atoms with Crippen molar-refractivity contribution < 1.29 is 0 Å². The quantitative estimate of drug-likeness (QED) is 0.797.